The second-order valence-electron chi connectivity index (χ2n) is 3.98. The Balaban J connectivity index is 2.52. The molecule has 0 radical (unpaired) electrons. The average molecular weight is 269 g/mol. The maximum absolute atomic E-state index is 5.65. The first-order valence-electron chi connectivity index (χ1n) is 6.47. The van der Waals surface area contributed by atoms with E-state index >= 15 is 0 Å². The standard InChI is InChI=1S/C13H23N3O3/c1-5-11-15-12(14-3)10(2)13(16-11)19-9-8-18-7-6-17-4/h5-9H2,1-4H3,(H,14,15,16). The van der Waals surface area contributed by atoms with E-state index < -0.39 is 0 Å². The van der Waals surface area contributed by atoms with Gasteiger partial charge in [0.2, 0.25) is 5.88 Å². The van der Waals surface area contributed by atoms with E-state index in [0.717, 1.165) is 23.6 Å². The fraction of sp³-hybridized carbons (Fsp3) is 0.692. The molecular weight excluding hydrogens is 246 g/mol. The Bertz CT molecular complexity index is 386. The second kappa shape index (κ2) is 8.66. The largest absolute Gasteiger partial charge is 0.475 e. The zero-order valence-electron chi connectivity index (χ0n) is 12.2. The van der Waals surface area contributed by atoms with Crippen molar-refractivity contribution in [1.82, 2.24) is 9.97 Å². The monoisotopic (exact) mass is 269 g/mol. The lowest BCUT2D eigenvalue weighted by molar-refractivity contribution is 0.0535. The number of rotatable bonds is 9. The van der Waals surface area contributed by atoms with E-state index in [4.69, 9.17) is 14.2 Å². The van der Waals surface area contributed by atoms with Crippen molar-refractivity contribution >= 4 is 5.82 Å². The first-order chi connectivity index (χ1) is 9.22. The smallest absolute Gasteiger partial charge is 0.221 e. The molecule has 0 atom stereocenters. The summed E-state index contributed by atoms with van der Waals surface area (Å²) in [6.45, 7) is 6.10. The number of aromatic nitrogens is 2. The molecule has 6 nitrogen and oxygen atoms in total. The quantitative estimate of drug-likeness (QED) is 0.684. The van der Waals surface area contributed by atoms with Crippen LogP contribution in [0.15, 0.2) is 0 Å². The molecule has 0 amide bonds. The molecule has 0 bridgehead atoms. The molecule has 0 spiro atoms. The van der Waals surface area contributed by atoms with Crippen molar-refractivity contribution in [3.8, 4) is 5.88 Å². The topological polar surface area (TPSA) is 65.5 Å². The highest BCUT2D eigenvalue weighted by Crippen LogP contribution is 2.21. The lowest BCUT2D eigenvalue weighted by Crippen LogP contribution is -2.12. The number of ether oxygens (including phenoxy) is 3. The molecule has 1 aromatic rings. The van der Waals surface area contributed by atoms with E-state index in [-0.39, 0.29) is 0 Å². The van der Waals surface area contributed by atoms with Crippen LogP contribution in [-0.2, 0) is 15.9 Å². The first-order valence-corrected chi connectivity index (χ1v) is 6.47. The number of hydrogen-bond donors (Lipinski definition) is 1. The van der Waals surface area contributed by atoms with Gasteiger partial charge >= 0.3 is 0 Å². The van der Waals surface area contributed by atoms with Crippen LogP contribution in [0, 0.1) is 6.92 Å². The third-order valence-corrected chi connectivity index (χ3v) is 2.60. The Morgan fingerprint density at radius 3 is 2.47 bits per heavy atom. The molecule has 1 N–H and O–H groups in total. The molecule has 0 aliphatic heterocycles. The van der Waals surface area contributed by atoms with E-state index in [1.807, 2.05) is 20.9 Å². The number of anilines is 1. The molecule has 0 aliphatic carbocycles. The summed E-state index contributed by atoms with van der Waals surface area (Å²) in [6.07, 6.45) is 0.773. The fourth-order valence-corrected chi connectivity index (χ4v) is 1.52. The molecule has 6 heteroatoms. The highest BCUT2D eigenvalue weighted by Gasteiger charge is 2.10. The van der Waals surface area contributed by atoms with Gasteiger partial charge in [-0.25, -0.2) is 4.98 Å². The summed E-state index contributed by atoms with van der Waals surface area (Å²) >= 11 is 0. The highest BCUT2D eigenvalue weighted by molar-refractivity contribution is 5.48. The van der Waals surface area contributed by atoms with Crippen LogP contribution in [0.25, 0.3) is 0 Å². The summed E-state index contributed by atoms with van der Waals surface area (Å²) in [5, 5.41) is 3.05. The highest BCUT2D eigenvalue weighted by atomic mass is 16.5. The number of hydrogen-bond acceptors (Lipinski definition) is 6. The molecule has 108 valence electrons. The van der Waals surface area contributed by atoms with Crippen LogP contribution in [0.4, 0.5) is 5.82 Å². The normalized spacial score (nSPS) is 10.5. The zero-order chi connectivity index (χ0) is 14.1. The van der Waals surface area contributed by atoms with Gasteiger partial charge in [-0.15, -0.1) is 0 Å². The Morgan fingerprint density at radius 2 is 1.84 bits per heavy atom. The maximum Gasteiger partial charge on any atom is 0.221 e. The van der Waals surface area contributed by atoms with Gasteiger partial charge in [0, 0.05) is 20.6 Å². The van der Waals surface area contributed by atoms with Gasteiger partial charge in [-0.1, -0.05) is 6.92 Å². The molecule has 0 aliphatic rings. The first kappa shape index (κ1) is 15.7. The van der Waals surface area contributed by atoms with Crippen molar-refractivity contribution in [2.75, 3.05) is 45.9 Å². The van der Waals surface area contributed by atoms with Gasteiger partial charge in [0.15, 0.2) is 0 Å². The SMILES string of the molecule is CCc1nc(NC)c(C)c(OCCOCCOC)n1. The molecule has 0 fully saturated rings. The lowest BCUT2D eigenvalue weighted by atomic mass is 10.3. The minimum Gasteiger partial charge on any atom is -0.475 e. The predicted octanol–water partition coefficient (Wildman–Crippen LogP) is 1.43. The van der Waals surface area contributed by atoms with Gasteiger partial charge in [-0.05, 0) is 6.92 Å². The minimum absolute atomic E-state index is 0.466. The Kier molecular flexibility index (Phi) is 7.14. The summed E-state index contributed by atoms with van der Waals surface area (Å²) in [5.74, 6) is 2.19. The summed E-state index contributed by atoms with van der Waals surface area (Å²) < 4.78 is 15.9. The van der Waals surface area contributed by atoms with Crippen LogP contribution < -0.4 is 10.1 Å². The Hall–Kier alpha value is -1.40. The van der Waals surface area contributed by atoms with Crippen LogP contribution in [0.3, 0.4) is 0 Å². The third kappa shape index (κ3) is 5.00. The number of aryl methyl sites for hydroxylation is 1. The third-order valence-electron chi connectivity index (χ3n) is 2.60. The predicted molar refractivity (Wildman–Crippen MR) is 73.9 cm³/mol. The Labute approximate surface area is 114 Å². The van der Waals surface area contributed by atoms with Crippen molar-refractivity contribution in [2.24, 2.45) is 0 Å². The summed E-state index contributed by atoms with van der Waals surface area (Å²) in [7, 11) is 3.49. The van der Waals surface area contributed by atoms with Crippen molar-refractivity contribution in [3.05, 3.63) is 11.4 Å². The molecule has 1 rings (SSSR count). The van der Waals surface area contributed by atoms with Crippen molar-refractivity contribution in [1.29, 1.82) is 0 Å². The second-order valence-corrected chi connectivity index (χ2v) is 3.98. The minimum atomic E-state index is 0.466. The van der Waals surface area contributed by atoms with Crippen LogP contribution in [0.5, 0.6) is 5.88 Å². The number of nitrogens with zero attached hydrogens (tertiary/aromatic N) is 2. The molecular formula is C13H23N3O3. The summed E-state index contributed by atoms with van der Waals surface area (Å²) in [4.78, 5) is 8.77. The van der Waals surface area contributed by atoms with Crippen molar-refractivity contribution in [2.45, 2.75) is 20.3 Å². The summed E-state index contributed by atoms with van der Waals surface area (Å²) in [6, 6.07) is 0. The molecule has 1 aromatic heterocycles. The molecule has 0 saturated carbocycles. The molecule has 1 heterocycles. The van der Waals surface area contributed by atoms with Crippen LogP contribution in [0.2, 0.25) is 0 Å². The van der Waals surface area contributed by atoms with Gasteiger partial charge in [-0.3, -0.25) is 0 Å². The van der Waals surface area contributed by atoms with Gasteiger partial charge in [0.1, 0.15) is 18.2 Å². The van der Waals surface area contributed by atoms with Gasteiger partial charge in [0.05, 0.1) is 25.4 Å². The van der Waals surface area contributed by atoms with Gasteiger partial charge in [0.25, 0.3) is 0 Å². The fourth-order valence-electron chi connectivity index (χ4n) is 1.52. The zero-order valence-corrected chi connectivity index (χ0v) is 12.2. The lowest BCUT2D eigenvalue weighted by Gasteiger charge is -2.12. The van der Waals surface area contributed by atoms with Gasteiger partial charge < -0.3 is 19.5 Å². The molecule has 0 unspecified atom stereocenters. The van der Waals surface area contributed by atoms with Crippen LogP contribution >= 0.6 is 0 Å². The van der Waals surface area contributed by atoms with Crippen LogP contribution in [0.1, 0.15) is 18.3 Å². The maximum atomic E-state index is 5.65. The molecule has 0 saturated heterocycles. The Morgan fingerprint density at radius 1 is 1.11 bits per heavy atom. The van der Waals surface area contributed by atoms with E-state index in [1.165, 1.54) is 0 Å². The van der Waals surface area contributed by atoms with Gasteiger partial charge in [-0.2, -0.15) is 4.98 Å². The van der Waals surface area contributed by atoms with Crippen LogP contribution in [-0.4, -0.2) is 50.6 Å². The summed E-state index contributed by atoms with van der Waals surface area (Å²) in [5.41, 5.74) is 0.914. The van der Waals surface area contributed by atoms with E-state index in [9.17, 15) is 0 Å². The van der Waals surface area contributed by atoms with E-state index in [0.29, 0.717) is 32.3 Å². The average Bonchev–Trinajstić information content (AvgIpc) is 2.44. The molecule has 0 aromatic carbocycles. The van der Waals surface area contributed by atoms with E-state index in [1.54, 1.807) is 7.11 Å². The van der Waals surface area contributed by atoms with Crippen molar-refractivity contribution in [3.63, 3.8) is 0 Å². The molecule has 19 heavy (non-hydrogen) atoms. The van der Waals surface area contributed by atoms with Crippen molar-refractivity contribution < 1.29 is 14.2 Å². The van der Waals surface area contributed by atoms with E-state index in [2.05, 4.69) is 15.3 Å². The number of methoxy groups -OCH3 is 1. The number of nitrogens with one attached hydrogen (secondary N) is 1.